The second-order valence-corrected chi connectivity index (χ2v) is 4.31. The zero-order chi connectivity index (χ0) is 12.0. The number of halogens is 1. The van der Waals surface area contributed by atoms with Crippen LogP contribution in [0.15, 0.2) is 18.2 Å². The van der Waals surface area contributed by atoms with Crippen LogP contribution in [0.25, 0.3) is 0 Å². The van der Waals surface area contributed by atoms with E-state index < -0.39 is 0 Å². The van der Waals surface area contributed by atoms with E-state index in [-0.39, 0.29) is 5.82 Å². The number of ether oxygens (including phenoxy) is 1. The fraction of sp³-hybridized carbons (Fsp3) is 0.538. The summed E-state index contributed by atoms with van der Waals surface area (Å²) in [7, 11) is 1.58. The lowest BCUT2D eigenvalue weighted by atomic mass is 10.1. The molecule has 0 radical (unpaired) electrons. The third kappa shape index (κ3) is 4.09. The lowest BCUT2D eigenvalue weighted by molar-refractivity contribution is 0.414. The molecule has 0 saturated heterocycles. The largest absolute Gasteiger partial charge is 0.497 e. The van der Waals surface area contributed by atoms with Gasteiger partial charge in [-0.25, -0.2) is 4.39 Å². The summed E-state index contributed by atoms with van der Waals surface area (Å²) in [5.74, 6) is 1.13. The van der Waals surface area contributed by atoms with Gasteiger partial charge in [0.15, 0.2) is 0 Å². The number of methoxy groups -OCH3 is 1. The Kier molecular flexibility index (Phi) is 5.09. The lowest BCUT2D eigenvalue weighted by Gasteiger charge is -2.10. The van der Waals surface area contributed by atoms with E-state index >= 15 is 0 Å². The predicted octanol–water partition coefficient (Wildman–Crippen LogP) is 3.68. The molecule has 1 aromatic rings. The van der Waals surface area contributed by atoms with Gasteiger partial charge in [-0.3, -0.25) is 0 Å². The van der Waals surface area contributed by atoms with E-state index in [1.807, 2.05) is 0 Å². The molecular formula is C13H20FNO. The van der Waals surface area contributed by atoms with Crippen LogP contribution >= 0.6 is 0 Å². The standard InChI is InChI=1S/C13H20FNO/c1-10(2)5-4-8-15-13-9-11(16-3)6-7-12(13)14/h6-7,9-10,15H,4-5,8H2,1-3H3. The van der Waals surface area contributed by atoms with Crippen molar-refractivity contribution in [3.63, 3.8) is 0 Å². The molecule has 0 aliphatic carbocycles. The van der Waals surface area contributed by atoms with Crippen LogP contribution in [-0.2, 0) is 0 Å². The van der Waals surface area contributed by atoms with Crippen LogP contribution < -0.4 is 10.1 Å². The Morgan fingerprint density at radius 3 is 2.75 bits per heavy atom. The predicted molar refractivity (Wildman–Crippen MR) is 65.5 cm³/mol. The number of hydrogen-bond donors (Lipinski definition) is 1. The first kappa shape index (κ1) is 12.8. The second kappa shape index (κ2) is 6.36. The van der Waals surface area contributed by atoms with Crippen LogP contribution in [0.4, 0.5) is 10.1 Å². The summed E-state index contributed by atoms with van der Waals surface area (Å²) in [4.78, 5) is 0. The Bertz CT molecular complexity index is 326. The maximum absolute atomic E-state index is 13.4. The van der Waals surface area contributed by atoms with E-state index in [2.05, 4.69) is 19.2 Å². The third-order valence-electron chi connectivity index (χ3n) is 2.45. The highest BCUT2D eigenvalue weighted by molar-refractivity contribution is 5.49. The molecule has 0 bridgehead atoms. The number of anilines is 1. The fourth-order valence-corrected chi connectivity index (χ4v) is 1.50. The van der Waals surface area contributed by atoms with Crippen LogP contribution in [-0.4, -0.2) is 13.7 Å². The van der Waals surface area contributed by atoms with Crippen molar-refractivity contribution in [1.29, 1.82) is 0 Å². The van der Waals surface area contributed by atoms with Gasteiger partial charge in [-0.05, 0) is 30.9 Å². The van der Waals surface area contributed by atoms with Gasteiger partial charge in [0.05, 0.1) is 12.8 Å². The molecule has 0 aromatic heterocycles. The van der Waals surface area contributed by atoms with E-state index in [1.165, 1.54) is 6.07 Å². The minimum absolute atomic E-state index is 0.231. The summed E-state index contributed by atoms with van der Waals surface area (Å²) < 4.78 is 18.4. The lowest BCUT2D eigenvalue weighted by Crippen LogP contribution is -2.04. The average Bonchev–Trinajstić information content (AvgIpc) is 2.26. The maximum Gasteiger partial charge on any atom is 0.146 e. The van der Waals surface area contributed by atoms with Crippen LogP contribution in [0.1, 0.15) is 26.7 Å². The van der Waals surface area contributed by atoms with E-state index in [1.54, 1.807) is 19.2 Å². The molecule has 0 aliphatic heterocycles. The van der Waals surface area contributed by atoms with Crippen molar-refractivity contribution in [3.8, 4) is 5.75 Å². The minimum atomic E-state index is -0.231. The highest BCUT2D eigenvalue weighted by atomic mass is 19.1. The normalized spacial score (nSPS) is 10.6. The molecule has 1 rings (SSSR count). The molecule has 90 valence electrons. The Morgan fingerprint density at radius 2 is 2.12 bits per heavy atom. The highest BCUT2D eigenvalue weighted by Gasteiger charge is 2.03. The number of benzene rings is 1. The first-order valence-corrected chi connectivity index (χ1v) is 5.71. The first-order valence-electron chi connectivity index (χ1n) is 5.71. The molecule has 0 aliphatic rings. The summed E-state index contributed by atoms with van der Waals surface area (Å²) in [5, 5.41) is 3.09. The number of hydrogen-bond acceptors (Lipinski definition) is 2. The van der Waals surface area contributed by atoms with Crippen LogP contribution in [0.2, 0.25) is 0 Å². The molecule has 0 spiro atoms. The second-order valence-electron chi connectivity index (χ2n) is 4.31. The average molecular weight is 225 g/mol. The monoisotopic (exact) mass is 225 g/mol. The zero-order valence-electron chi connectivity index (χ0n) is 10.2. The van der Waals surface area contributed by atoms with Gasteiger partial charge in [-0.1, -0.05) is 13.8 Å². The molecule has 0 unspecified atom stereocenters. The fourth-order valence-electron chi connectivity index (χ4n) is 1.50. The summed E-state index contributed by atoms with van der Waals surface area (Å²) in [6, 6.07) is 4.73. The SMILES string of the molecule is COc1ccc(F)c(NCCCC(C)C)c1. The van der Waals surface area contributed by atoms with Crippen molar-refractivity contribution >= 4 is 5.69 Å². The Balaban J connectivity index is 2.46. The summed E-state index contributed by atoms with van der Waals surface area (Å²) in [6.45, 7) is 5.17. The number of rotatable bonds is 6. The summed E-state index contributed by atoms with van der Waals surface area (Å²) >= 11 is 0. The van der Waals surface area contributed by atoms with Crippen molar-refractivity contribution in [1.82, 2.24) is 0 Å². The Hall–Kier alpha value is -1.25. The molecule has 0 atom stereocenters. The van der Waals surface area contributed by atoms with Gasteiger partial charge in [-0.2, -0.15) is 0 Å². The Labute approximate surface area is 96.8 Å². The van der Waals surface area contributed by atoms with Crippen molar-refractivity contribution < 1.29 is 9.13 Å². The van der Waals surface area contributed by atoms with Crippen LogP contribution in [0, 0.1) is 11.7 Å². The molecule has 2 nitrogen and oxygen atoms in total. The molecule has 0 amide bonds. The van der Waals surface area contributed by atoms with E-state index in [0.717, 1.165) is 19.4 Å². The molecule has 0 saturated carbocycles. The van der Waals surface area contributed by atoms with Crippen molar-refractivity contribution in [3.05, 3.63) is 24.0 Å². The molecule has 0 heterocycles. The van der Waals surface area contributed by atoms with Crippen molar-refractivity contribution in [2.45, 2.75) is 26.7 Å². The highest BCUT2D eigenvalue weighted by Crippen LogP contribution is 2.21. The van der Waals surface area contributed by atoms with Gasteiger partial charge in [-0.15, -0.1) is 0 Å². The van der Waals surface area contributed by atoms with E-state index in [4.69, 9.17) is 4.74 Å². The van der Waals surface area contributed by atoms with E-state index in [9.17, 15) is 4.39 Å². The van der Waals surface area contributed by atoms with Crippen LogP contribution in [0.3, 0.4) is 0 Å². The van der Waals surface area contributed by atoms with Crippen molar-refractivity contribution in [2.75, 3.05) is 19.0 Å². The molecular weight excluding hydrogens is 205 g/mol. The van der Waals surface area contributed by atoms with Gasteiger partial charge in [0, 0.05) is 12.6 Å². The van der Waals surface area contributed by atoms with Gasteiger partial charge in [0.1, 0.15) is 11.6 Å². The third-order valence-corrected chi connectivity index (χ3v) is 2.45. The summed E-state index contributed by atoms with van der Waals surface area (Å²) in [5.41, 5.74) is 0.517. The number of nitrogens with one attached hydrogen (secondary N) is 1. The summed E-state index contributed by atoms with van der Waals surface area (Å²) in [6.07, 6.45) is 2.20. The molecule has 3 heteroatoms. The van der Waals surface area contributed by atoms with Gasteiger partial charge in [0.2, 0.25) is 0 Å². The van der Waals surface area contributed by atoms with Crippen LogP contribution in [0.5, 0.6) is 5.75 Å². The quantitative estimate of drug-likeness (QED) is 0.746. The van der Waals surface area contributed by atoms with E-state index in [0.29, 0.717) is 17.4 Å². The molecule has 1 N–H and O–H groups in total. The smallest absolute Gasteiger partial charge is 0.146 e. The van der Waals surface area contributed by atoms with Gasteiger partial charge >= 0.3 is 0 Å². The molecule has 1 aromatic carbocycles. The van der Waals surface area contributed by atoms with Crippen molar-refractivity contribution in [2.24, 2.45) is 5.92 Å². The van der Waals surface area contributed by atoms with Gasteiger partial charge < -0.3 is 10.1 Å². The first-order chi connectivity index (χ1) is 7.63. The molecule has 16 heavy (non-hydrogen) atoms. The molecule has 0 fully saturated rings. The Morgan fingerprint density at radius 1 is 1.38 bits per heavy atom. The zero-order valence-corrected chi connectivity index (χ0v) is 10.2. The maximum atomic E-state index is 13.4. The van der Waals surface area contributed by atoms with Gasteiger partial charge in [0.25, 0.3) is 0 Å². The minimum Gasteiger partial charge on any atom is -0.497 e. The topological polar surface area (TPSA) is 21.3 Å².